The molecular weight excluding hydrogens is 361 g/mol. The Labute approximate surface area is 153 Å². The highest BCUT2D eigenvalue weighted by Gasteiger charge is 2.25. The Kier molecular flexibility index (Phi) is 5.60. The second-order valence-electron chi connectivity index (χ2n) is 5.72. The van der Waals surface area contributed by atoms with Crippen LogP contribution in [-0.2, 0) is 4.79 Å². The van der Waals surface area contributed by atoms with Gasteiger partial charge in [-0.15, -0.1) is 23.1 Å². The number of nitrogens with two attached hydrogens (primary N) is 1. The van der Waals surface area contributed by atoms with Gasteiger partial charge in [-0.1, -0.05) is 6.07 Å². The third-order valence-electron chi connectivity index (χ3n) is 3.94. The molecule has 5 nitrogen and oxygen atoms in total. The van der Waals surface area contributed by atoms with Crippen LogP contribution in [-0.4, -0.2) is 17.7 Å². The van der Waals surface area contributed by atoms with Crippen LogP contribution < -0.4 is 16.4 Å². The van der Waals surface area contributed by atoms with Crippen molar-refractivity contribution < 1.29 is 14.0 Å². The zero-order chi connectivity index (χ0) is 17.8. The molecule has 1 aromatic heterocycles. The summed E-state index contributed by atoms with van der Waals surface area (Å²) in [5.41, 5.74) is 6.02. The summed E-state index contributed by atoms with van der Waals surface area (Å²) in [6.07, 6.45) is 0.817. The predicted octanol–water partition coefficient (Wildman–Crippen LogP) is 3.34. The standard InChI is InChI=1S/C17H18FN3O2S2/c18-10-3-4-14-11(8-10)12(5-7-25-14)20-16(22)9-13(21-17(19)23)15-2-1-6-24-15/h1-4,6,8,12-13H,5,7,9H2,(H,20,22)(H3,19,21,23). The van der Waals surface area contributed by atoms with Crippen LogP contribution in [0.15, 0.2) is 40.6 Å². The molecule has 2 atom stereocenters. The summed E-state index contributed by atoms with van der Waals surface area (Å²) >= 11 is 3.11. The number of urea groups is 1. The van der Waals surface area contributed by atoms with Crippen LogP contribution in [0.2, 0.25) is 0 Å². The highest BCUT2D eigenvalue weighted by atomic mass is 32.2. The molecule has 0 fully saturated rings. The van der Waals surface area contributed by atoms with Crippen LogP contribution >= 0.6 is 23.1 Å². The number of primary amides is 1. The van der Waals surface area contributed by atoms with E-state index in [9.17, 15) is 14.0 Å². The van der Waals surface area contributed by atoms with Crippen molar-refractivity contribution in [2.24, 2.45) is 5.73 Å². The second kappa shape index (κ2) is 7.88. The number of amides is 3. The van der Waals surface area contributed by atoms with Crippen molar-refractivity contribution in [3.63, 3.8) is 0 Å². The van der Waals surface area contributed by atoms with E-state index < -0.39 is 12.1 Å². The van der Waals surface area contributed by atoms with Crippen LogP contribution in [0.5, 0.6) is 0 Å². The normalized spacial score (nSPS) is 17.4. The van der Waals surface area contributed by atoms with Crippen molar-refractivity contribution in [3.05, 3.63) is 52.0 Å². The molecule has 0 bridgehead atoms. The molecule has 1 aromatic carbocycles. The zero-order valence-corrected chi connectivity index (χ0v) is 15.0. The summed E-state index contributed by atoms with van der Waals surface area (Å²) in [6, 6.07) is 6.99. The van der Waals surface area contributed by atoms with Gasteiger partial charge in [-0.25, -0.2) is 9.18 Å². The van der Waals surface area contributed by atoms with Crippen LogP contribution in [0, 0.1) is 5.82 Å². The fourth-order valence-electron chi connectivity index (χ4n) is 2.84. The van der Waals surface area contributed by atoms with Crippen LogP contribution in [0.25, 0.3) is 0 Å². The third kappa shape index (κ3) is 4.52. The number of hydrogen-bond donors (Lipinski definition) is 3. The minimum Gasteiger partial charge on any atom is -0.352 e. The number of halogens is 1. The number of nitrogens with one attached hydrogen (secondary N) is 2. The molecule has 0 saturated heterocycles. The van der Waals surface area contributed by atoms with Crippen molar-refractivity contribution in [3.8, 4) is 0 Å². The molecule has 2 aromatic rings. The lowest BCUT2D eigenvalue weighted by molar-refractivity contribution is -0.122. The van der Waals surface area contributed by atoms with E-state index in [4.69, 9.17) is 5.73 Å². The first-order chi connectivity index (χ1) is 12.0. The molecule has 8 heteroatoms. The van der Waals surface area contributed by atoms with Crippen LogP contribution in [0.4, 0.5) is 9.18 Å². The van der Waals surface area contributed by atoms with E-state index in [0.717, 1.165) is 27.5 Å². The Bertz CT molecular complexity index is 767. The summed E-state index contributed by atoms with van der Waals surface area (Å²) in [5.74, 6) is 0.337. The molecular formula is C17H18FN3O2S2. The lowest BCUT2D eigenvalue weighted by Gasteiger charge is -2.26. The molecule has 0 radical (unpaired) electrons. The largest absolute Gasteiger partial charge is 0.352 e. The highest BCUT2D eigenvalue weighted by molar-refractivity contribution is 7.99. The molecule has 25 heavy (non-hydrogen) atoms. The van der Waals surface area contributed by atoms with Gasteiger partial charge < -0.3 is 16.4 Å². The summed E-state index contributed by atoms with van der Waals surface area (Å²) in [4.78, 5) is 25.6. The van der Waals surface area contributed by atoms with Gasteiger partial charge in [0, 0.05) is 15.5 Å². The van der Waals surface area contributed by atoms with Gasteiger partial charge in [0.1, 0.15) is 5.82 Å². The quantitative estimate of drug-likeness (QED) is 0.745. The van der Waals surface area contributed by atoms with Gasteiger partial charge in [0.05, 0.1) is 18.5 Å². The summed E-state index contributed by atoms with van der Waals surface area (Å²) < 4.78 is 13.6. The summed E-state index contributed by atoms with van der Waals surface area (Å²) in [5, 5.41) is 7.44. The lowest BCUT2D eigenvalue weighted by Crippen LogP contribution is -2.37. The number of hydrogen-bond acceptors (Lipinski definition) is 4. The van der Waals surface area contributed by atoms with E-state index in [2.05, 4.69) is 10.6 Å². The first-order valence-electron chi connectivity index (χ1n) is 7.84. The number of carbonyl (C=O) groups excluding carboxylic acids is 2. The maximum Gasteiger partial charge on any atom is 0.312 e. The Morgan fingerprint density at radius 2 is 2.20 bits per heavy atom. The molecule has 2 heterocycles. The molecule has 3 rings (SSSR count). The van der Waals surface area contributed by atoms with Crippen molar-refractivity contribution >= 4 is 35.0 Å². The van der Waals surface area contributed by atoms with Crippen LogP contribution in [0.1, 0.15) is 35.4 Å². The predicted molar refractivity (Wildman–Crippen MR) is 97.0 cm³/mol. The average molecular weight is 379 g/mol. The molecule has 1 aliphatic rings. The first kappa shape index (κ1) is 17.8. The van der Waals surface area contributed by atoms with E-state index >= 15 is 0 Å². The van der Waals surface area contributed by atoms with Crippen molar-refractivity contribution in [1.82, 2.24) is 10.6 Å². The molecule has 0 saturated carbocycles. The Morgan fingerprint density at radius 3 is 2.92 bits per heavy atom. The summed E-state index contributed by atoms with van der Waals surface area (Å²) in [6.45, 7) is 0. The van der Waals surface area contributed by atoms with Crippen molar-refractivity contribution in [2.45, 2.75) is 29.8 Å². The Morgan fingerprint density at radius 1 is 1.36 bits per heavy atom. The average Bonchev–Trinajstić information content (AvgIpc) is 3.09. The number of thioether (sulfide) groups is 1. The Hall–Kier alpha value is -2.06. The molecule has 4 N–H and O–H groups in total. The molecule has 2 unspecified atom stereocenters. The van der Waals surface area contributed by atoms with Crippen molar-refractivity contribution in [1.29, 1.82) is 0 Å². The smallest absolute Gasteiger partial charge is 0.312 e. The molecule has 132 valence electrons. The van der Waals surface area contributed by atoms with Gasteiger partial charge in [-0.3, -0.25) is 4.79 Å². The van der Waals surface area contributed by atoms with Gasteiger partial charge >= 0.3 is 6.03 Å². The van der Waals surface area contributed by atoms with Crippen molar-refractivity contribution in [2.75, 3.05) is 5.75 Å². The molecule has 0 aliphatic carbocycles. The van der Waals surface area contributed by atoms with Crippen LogP contribution in [0.3, 0.4) is 0 Å². The summed E-state index contributed by atoms with van der Waals surface area (Å²) in [7, 11) is 0. The zero-order valence-electron chi connectivity index (χ0n) is 13.3. The van der Waals surface area contributed by atoms with E-state index in [-0.39, 0.29) is 24.2 Å². The van der Waals surface area contributed by atoms with Gasteiger partial charge in [-0.2, -0.15) is 0 Å². The number of rotatable bonds is 5. The van der Waals surface area contributed by atoms with Gasteiger partial charge in [-0.05, 0) is 41.6 Å². The van der Waals surface area contributed by atoms with Gasteiger partial charge in [0.2, 0.25) is 5.91 Å². The number of fused-ring (bicyclic) bond motifs is 1. The fourth-order valence-corrected chi connectivity index (χ4v) is 4.72. The van der Waals surface area contributed by atoms with E-state index in [1.807, 2.05) is 17.5 Å². The van der Waals surface area contributed by atoms with Gasteiger partial charge in [0.15, 0.2) is 0 Å². The fraction of sp³-hybridized carbons (Fsp3) is 0.294. The number of benzene rings is 1. The SMILES string of the molecule is NC(=O)NC(CC(=O)NC1CCSc2ccc(F)cc21)c1cccs1. The number of carbonyl (C=O) groups is 2. The molecule has 0 spiro atoms. The monoisotopic (exact) mass is 379 g/mol. The first-order valence-corrected chi connectivity index (χ1v) is 9.70. The maximum absolute atomic E-state index is 13.6. The van der Waals surface area contributed by atoms with E-state index in [1.54, 1.807) is 17.8 Å². The second-order valence-corrected chi connectivity index (χ2v) is 7.84. The minimum absolute atomic E-state index is 0.0811. The minimum atomic E-state index is -0.673. The number of thiophene rings is 1. The maximum atomic E-state index is 13.6. The third-order valence-corrected chi connectivity index (χ3v) is 6.05. The lowest BCUT2D eigenvalue weighted by atomic mass is 10.0. The topological polar surface area (TPSA) is 84.2 Å². The molecule has 1 aliphatic heterocycles. The highest BCUT2D eigenvalue weighted by Crippen LogP contribution is 2.36. The Balaban J connectivity index is 1.70. The van der Waals surface area contributed by atoms with Gasteiger partial charge in [0.25, 0.3) is 0 Å². The van der Waals surface area contributed by atoms with E-state index in [0.29, 0.717) is 0 Å². The van der Waals surface area contributed by atoms with E-state index in [1.165, 1.54) is 23.5 Å². The molecule has 3 amide bonds.